The SMILES string of the molecule is CCC(C(=O)NC1CCCC1)N(Cc1cccc(C)c1)C(=O)CN(c1cccc(Br)c1)S(=O)(=O)c1ccc(C)cc1. The van der Waals surface area contributed by atoms with Crippen LogP contribution in [-0.4, -0.2) is 43.8 Å². The summed E-state index contributed by atoms with van der Waals surface area (Å²) in [5.41, 5.74) is 3.20. The Morgan fingerprint density at radius 3 is 2.27 bits per heavy atom. The fourth-order valence-corrected chi connectivity index (χ4v) is 7.08. The van der Waals surface area contributed by atoms with Crippen LogP contribution in [0.1, 0.15) is 55.7 Å². The van der Waals surface area contributed by atoms with E-state index in [-0.39, 0.29) is 23.4 Å². The predicted octanol–water partition coefficient (Wildman–Crippen LogP) is 6.13. The van der Waals surface area contributed by atoms with Gasteiger partial charge in [0.2, 0.25) is 11.8 Å². The van der Waals surface area contributed by atoms with E-state index >= 15 is 0 Å². The fourth-order valence-electron chi connectivity index (χ4n) is 5.29. The van der Waals surface area contributed by atoms with Crippen LogP contribution in [0.15, 0.2) is 82.2 Å². The van der Waals surface area contributed by atoms with Gasteiger partial charge in [0.05, 0.1) is 10.6 Å². The normalized spacial score (nSPS) is 14.4. The molecular weight excluding hydrogens is 602 g/mol. The van der Waals surface area contributed by atoms with E-state index in [4.69, 9.17) is 0 Å². The van der Waals surface area contributed by atoms with Crippen molar-refractivity contribution in [2.45, 2.75) is 76.4 Å². The molecule has 1 saturated carbocycles. The number of carbonyl (C=O) groups excluding carboxylic acids is 2. The molecule has 2 amide bonds. The monoisotopic (exact) mass is 639 g/mol. The van der Waals surface area contributed by atoms with Crippen LogP contribution in [0.4, 0.5) is 5.69 Å². The number of nitrogens with one attached hydrogen (secondary N) is 1. The number of halogens is 1. The third-order valence-corrected chi connectivity index (χ3v) is 9.79. The van der Waals surface area contributed by atoms with E-state index in [1.165, 1.54) is 4.90 Å². The van der Waals surface area contributed by atoms with E-state index < -0.39 is 28.5 Å². The molecule has 0 heterocycles. The minimum atomic E-state index is -4.10. The second-order valence-electron chi connectivity index (χ2n) is 10.7. The number of anilines is 1. The van der Waals surface area contributed by atoms with E-state index in [0.29, 0.717) is 16.6 Å². The minimum absolute atomic E-state index is 0.0899. The van der Waals surface area contributed by atoms with E-state index in [2.05, 4.69) is 21.2 Å². The van der Waals surface area contributed by atoms with Crippen molar-refractivity contribution in [3.63, 3.8) is 0 Å². The molecule has 0 radical (unpaired) electrons. The molecule has 1 fully saturated rings. The Kier molecular flexibility index (Phi) is 10.3. The van der Waals surface area contributed by atoms with Crippen LogP contribution in [0.3, 0.4) is 0 Å². The number of nitrogens with zero attached hydrogens (tertiary/aromatic N) is 2. The van der Waals surface area contributed by atoms with Gasteiger partial charge >= 0.3 is 0 Å². The second kappa shape index (κ2) is 13.7. The van der Waals surface area contributed by atoms with Crippen molar-refractivity contribution in [1.82, 2.24) is 10.2 Å². The molecule has 9 heteroatoms. The quantitative estimate of drug-likeness (QED) is 0.274. The number of rotatable bonds is 11. The van der Waals surface area contributed by atoms with Gasteiger partial charge in [-0.2, -0.15) is 0 Å². The first-order chi connectivity index (χ1) is 19.6. The Morgan fingerprint density at radius 1 is 0.951 bits per heavy atom. The standard InChI is InChI=1S/C32H38BrN3O4S/c1-4-30(32(38)34-27-12-5-6-13-27)35(21-25-10-7-9-24(3)19-25)31(37)22-36(28-14-8-11-26(33)20-28)41(39,40)29-17-15-23(2)16-18-29/h7-11,14-20,27,30H,4-6,12-13,21-22H2,1-3H3,(H,34,38). The van der Waals surface area contributed by atoms with Crippen LogP contribution in [-0.2, 0) is 26.2 Å². The average Bonchev–Trinajstić information content (AvgIpc) is 3.44. The van der Waals surface area contributed by atoms with Gasteiger partial charge in [-0.15, -0.1) is 0 Å². The molecule has 1 atom stereocenters. The van der Waals surface area contributed by atoms with Gasteiger partial charge in [0, 0.05) is 17.1 Å². The summed E-state index contributed by atoms with van der Waals surface area (Å²) in [5, 5.41) is 3.15. The molecule has 3 aromatic rings. The molecule has 0 aliphatic heterocycles. The molecule has 0 spiro atoms. The highest BCUT2D eigenvalue weighted by Crippen LogP contribution is 2.28. The highest BCUT2D eigenvalue weighted by atomic mass is 79.9. The van der Waals surface area contributed by atoms with Gasteiger partial charge in [-0.1, -0.05) is 89.3 Å². The van der Waals surface area contributed by atoms with Crippen LogP contribution in [0.5, 0.6) is 0 Å². The largest absolute Gasteiger partial charge is 0.352 e. The first-order valence-electron chi connectivity index (χ1n) is 14.1. The molecular formula is C32H38BrN3O4S. The zero-order chi connectivity index (χ0) is 29.6. The number of carbonyl (C=O) groups is 2. The second-order valence-corrected chi connectivity index (χ2v) is 13.5. The van der Waals surface area contributed by atoms with E-state index in [0.717, 1.165) is 46.7 Å². The molecule has 1 unspecified atom stereocenters. The van der Waals surface area contributed by atoms with Crippen molar-refractivity contribution < 1.29 is 18.0 Å². The molecule has 7 nitrogen and oxygen atoms in total. The maximum Gasteiger partial charge on any atom is 0.264 e. The molecule has 4 rings (SSSR count). The van der Waals surface area contributed by atoms with Crippen molar-refractivity contribution in [3.8, 4) is 0 Å². The van der Waals surface area contributed by atoms with E-state index in [9.17, 15) is 18.0 Å². The third kappa shape index (κ3) is 7.77. The highest BCUT2D eigenvalue weighted by molar-refractivity contribution is 9.10. The number of hydrogen-bond acceptors (Lipinski definition) is 4. The molecule has 1 N–H and O–H groups in total. The van der Waals surface area contributed by atoms with Crippen molar-refractivity contribution in [3.05, 3.63) is 94.0 Å². The van der Waals surface area contributed by atoms with Gasteiger partial charge in [0.15, 0.2) is 0 Å². The van der Waals surface area contributed by atoms with E-state index in [1.54, 1.807) is 48.5 Å². The summed E-state index contributed by atoms with van der Waals surface area (Å²) in [6.45, 7) is 5.48. The number of amides is 2. The maximum absolute atomic E-state index is 14.2. The fraction of sp³-hybridized carbons (Fsp3) is 0.375. The van der Waals surface area contributed by atoms with Crippen molar-refractivity contribution in [2.75, 3.05) is 10.8 Å². The zero-order valence-corrected chi connectivity index (χ0v) is 26.2. The van der Waals surface area contributed by atoms with Gasteiger partial charge in [-0.25, -0.2) is 8.42 Å². The number of aryl methyl sites for hydroxylation is 2. The lowest BCUT2D eigenvalue weighted by Crippen LogP contribution is -2.53. The number of hydrogen-bond donors (Lipinski definition) is 1. The van der Waals surface area contributed by atoms with Crippen LogP contribution < -0.4 is 9.62 Å². The molecule has 218 valence electrons. The lowest BCUT2D eigenvalue weighted by molar-refractivity contribution is -0.140. The van der Waals surface area contributed by atoms with Crippen molar-refractivity contribution in [2.24, 2.45) is 0 Å². The van der Waals surface area contributed by atoms with Gasteiger partial charge in [0.25, 0.3) is 10.0 Å². The number of benzene rings is 3. The topological polar surface area (TPSA) is 86.8 Å². The van der Waals surface area contributed by atoms with Crippen LogP contribution in [0.25, 0.3) is 0 Å². The molecule has 0 saturated heterocycles. The molecule has 41 heavy (non-hydrogen) atoms. The van der Waals surface area contributed by atoms with E-state index in [1.807, 2.05) is 45.0 Å². The summed E-state index contributed by atoms with van der Waals surface area (Å²) in [6, 6.07) is 20.6. The Bertz CT molecular complexity index is 1470. The summed E-state index contributed by atoms with van der Waals surface area (Å²) in [7, 11) is -4.10. The van der Waals surface area contributed by atoms with Crippen molar-refractivity contribution in [1.29, 1.82) is 0 Å². The number of sulfonamides is 1. The van der Waals surface area contributed by atoms with Gasteiger partial charge in [0.1, 0.15) is 12.6 Å². The molecule has 1 aliphatic carbocycles. The molecule has 0 aromatic heterocycles. The summed E-state index contributed by atoms with van der Waals surface area (Å²) in [4.78, 5) is 29.4. The predicted molar refractivity (Wildman–Crippen MR) is 166 cm³/mol. The summed E-state index contributed by atoms with van der Waals surface area (Å²) in [5.74, 6) is -0.647. The summed E-state index contributed by atoms with van der Waals surface area (Å²) >= 11 is 3.43. The molecule has 1 aliphatic rings. The average molecular weight is 641 g/mol. The first-order valence-corrected chi connectivity index (χ1v) is 16.3. The Morgan fingerprint density at radius 2 is 1.63 bits per heavy atom. The minimum Gasteiger partial charge on any atom is -0.352 e. The van der Waals surface area contributed by atoms with Gasteiger partial charge in [-0.3, -0.25) is 13.9 Å². The maximum atomic E-state index is 14.2. The third-order valence-electron chi connectivity index (χ3n) is 7.51. The van der Waals surface area contributed by atoms with Crippen LogP contribution in [0.2, 0.25) is 0 Å². The Balaban J connectivity index is 1.71. The van der Waals surface area contributed by atoms with Gasteiger partial charge < -0.3 is 10.2 Å². The van der Waals surface area contributed by atoms with Crippen molar-refractivity contribution >= 4 is 43.5 Å². The lowest BCUT2D eigenvalue weighted by Gasteiger charge is -2.34. The molecule has 3 aromatic carbocycles. The smallest absolute Gasteiger partial charge is 0.264 e. The summed E-state index contributed by atoms with van der Waals surface area (Å²) < 4.78 is 29.8. The van der Waals surface area contributed by atoms with Gasteiger partial charge in [-0.05, 0) is 69.0 Å². The van der Waals surface area contributed by atoms with Crippen LogP contribution in [0, 0.1) is 13.8 Å². The van der Waals surface area contributed by atoms with Crippen LogP contribution >= 0.6 is 15.9 Å². The zero-order valence-electron chi connectivity index (χ0n) is 23.8. The Hall–Kier alpha value is -3.17. The lowest BCUT2D eigenvalue weighted by atomic mass is 10.1. The summed E-state index contributed by atoms with van der Waals surface area (Å²) in [6.07, 6.45) is 4.41. The molecule has 0 bridgehead atoms. The highest BCUT2D eigenvalue weighted by Gasteiger charge is 2.34. The Labute approximate surface area is 252 Å². The first kappa shape index (κ1) is 30.8.